The summed E-state index contributed by atoms with van der Waals surface area (Å²) in [4.78, 5) is 28.7. The first-order chi connectivity index (χ1) is 21.0. The van der Waals surface area contributed by atoms with E-state index >= 15 is 0 Å². The molecule has 1 atom stereocenters. The lowest BCUT2D eigenvalue weighted by Gasteiger charge is -2.33. The predicted molar refractivity (Wildman–Crippen MR) is 161 cm³/mol. The van der Waals surface area contributed by atoms with Crippen LogP contribution in [0.4, 0.5) is 18.0 Å². The number of ether oxygens (including phenoxy) is 3. The Morgan fingerprint density at radius 3 is 1.91 bits per heavy atom. The molecule has 236 valence electrons. The summed E-state index contributed by atoms with van der Waals surface area (Å²) in [5.74, 6) is -0.611. The first-order valence-electron chi connectivity index (χ1n) is 14.8. The van der Waals surface area contributed by atoms with Crippen molar-refractivity contribution in [2.75, 3.05) is 26.4 Å². The molecule has 4 rings (SSSR count). The molecular formula is C34H39F3N2O5. The molecule has 0 spiro atoms. The number of nitrogens with zero attached hydrogens (tertiary/aromatic N) is 1. The molecule has 1 aliphatic carbocycles. The van der Waals surface area contributed by atoms with Gasteiger partial charge in [-0.25, -0.2) is 4.79 Å². The van der Waals surface area contributed by atoms with E-state index in [1.165, 1.54) is 17.0 Å². The Bertz CT molecular complexity index is 1360. The van der Waals surface area contributed by atoms with E-state index in [2.05, 4.69) is 5.32 Å². The van der Waals surface area contributed by atoms with Gasteiger partial charge in [0.25, 0.3) is 0 Å². The van der Waals surface area contributed by atoms with Crippen molar-refractivity contribution in [1.29, 1.82) is 0 Å². The summed E-state index contributed by atoms with van der Waals surface area (Å²) < 4.78 is 56.5. The minimum Gasteiger partial charge on any atom is -0.449 e. The molecule has 0 aliphatic heterocycles. The normalized spacial score (nSPS) is 13.5. The standard InChI is InChI=1S/C34H39F3N2O5/c1-5-42-31(43-6-2)20-39(22(3)4)32(40)30(19-23-15-17-24(18-16-23)34(35,36)37)38-33(41)44-21-29-27-13-9-7-11-25(27)26-12-8-10-14-28(26)29/h7-18,22,29-31H,5-6,19-21H2,1-4H3,(H,38,41). The molecule has 1 unspecified atom stereocenters. The van der Waals surface area contributed by atoms with Crippen molar-refractivity contribution in [3.8, 4) is 11.1 Å². The number of carbonyl (C=O) groups is 2. The van der Waals surface area contributed by atoms with Crippen molar-refractivity contribution in [1.82, 2.24) is 10.2 Å². The van der Waals surface area contributed by atoms with Gasteiger partial charge in [-0.2, -0.15) is 13.2 Å². The zero-order valence-electron chi connectivity index (χ0n) is 25.4. The smallest absolute Gasteiger partial charge is 0.416 e. The molecule has 1 aliphatic rings. The van der Waals surface area contributed by atoms with Crippen molar-refractivity contribution in [3.05, 3.63) is 95.1 Å². The van der Waals surface area contributed by atoms with E-state index < -0.39 is 36.1 Å². The Hall–Kier alpha value is -3.89. The molecule has 0 saturated carbocycles. The van der Waals surface area contributed by atoms with Crippen LogP contribution in [0.25, 0.3) is 11.1 Å². The number of alkyl halides is 3. The van der Waals surface area contributed by atoms with Crippen LogP contribution in [0.2, 0.25) is 0 Å². The van der Waals surface area contributed by atoms with Crippen molar-refractivity contribution >= 4 is 12.0 Å². The third-order valence-electron chi connectivity index (χ3n) is 7.61. The van der Waals surface area contributed by atoms with Gasteiger partial charge in [-0.05, 0) is 67.6 Å². The van der Waals surface area contributed by atoms with E-state index in [-0.39, 0.29) is 31.5 Å². The maximum Gasteiger partial charge on any atom is 0.416 e. The fourth-order valence-corrected chi connectivity index (χ4v) is 5.49. The highest BCUT2D eigenvalue weighted by Crippen LogP contribution is 2.44. The summed E-state index contributed by atoms with van der Waals surface area (Å²) in [6.07, 6.45) is -6.02. The molecule has 0 radical (unpaired) electrons. The Kier molecular flexibility index (Phi) is 11.0. The average Bonchev–Trinajstić information content (AvgIpc) is 3.31. The second-order valence-corrected chi connectivity index (χ2v) is 10.8. The molecule has 3 aromatic rings. The Morgan fingerprint density at radius 1 is 0.864 bits per heavy atom. The number of nitrogens with one attached hydrogen (secondary N) is 1. The molecule has 0 saturated heterocycles. The third-order valence-corrected chi connectivity index (χ3v) is 7.61. The first kappa shape index (κ1) is 33.0. The maximum atomic E-state index is 13.9. The average molecular weight is 613 g/mol. The van der Waals surface area contributed by atoms with Crippen molar-refractivity contribution in [2.24, 2.45) is 0 Å². The van der Waals surface area contributed by atoms with Crippen LogP contribution < -0.4 is 5.32 Å². The van der Waals surface area contributed by atoms with Gasteiger partial charge in [0.15, 0.2) is 6.29 Å². The summed E-state index contributed by atoms with van der Waals surface area (Å²) >= 11 is 0. The quantitative estimate of drug-likeness (QED) is 0.215. The number of alkyl carbamates (subject to hydrolysis) is 1. The molecule has 10 heteroatoms. The highest BCUT2D eigenvalue weighted by atomic mass is 19.4. The van der Waals surface area contributed by atoms with Gasteiger partial charge >= 0.3 is 12.3 Å². The zero-order chi connectivity index (χ0) is 31.9. The van der Waals surface area contributed by atoms with Crippen LogP contribution in [-0.4, -0.2) is 61.6 Å². The maximum absolute atomic E-state index is 13.9. The molecule has 0 aromatic heterocycles. The number of carbonyl (C=O) groups excluding carboxylic acids is 2. The summed E-state index contributed by atoms with van der Waals surface area (Å²) in [5.41, 5.74) is 3.90. The van der Waals surface area contributed by atoms with Gasteiger partial charge in [-0.1, -0.05) is 60.7 Å². The van der Waals surface area contributed by atoms with Crippen LogP contribution in [0.15, 0.2) is 72.8 Å². The van der Waals surface area contributed by atoms with Gasteiger partial charge in [0, 0.05) is 31.6 Å². The summed E-state index contributed by atoms with van der Waals surface area (Å²) in [6, 6.07) is 19.0. The predicted octanol–water partition coefficient (Wildman–Crippen LogP) is 6.79. The Morgan fingerprint density at radius 2 is 1.41 bits per heavy atom. The Balaban J connectivity index is 1.54. The van der Waals surface area contributed by atoms with E-state index in [9.17, 15) is 22.8 Å². The monoisotopic (exact) mass is 612 g/mol. The molecular weight excluding hydrogens is 573 g/mol. The highest BCUT2D eigenvalue weighted by Gasteiger charge is 2.33. The van der Waals surface area contributed by atoms with Gasteiger partial charge in [0.05, 0.1) is 12.1 Å². The van der Waals surface area contributed by atoms with E-state index in [0.717, 1.165) is 34.4 Å². The second-order valence-electron chi connectivity index (χ2n) is 10.8. The van der Waals surface area contributed by atoms with Crippen molar-refractivity contribution in [3.63, 3.8) is 0 Å². The first-order valence-corrected chi connectivity index (χ1v) is 14.8. The molecule has 7 nitrogen and oxygen atoms in total. The molecule has 1 N–H and O–H groups in total. The SMILES string of the molecule is CCOC(CN(C(=O)C(Cc1ccc(C(F)(F)F)cc1)NC(=O)OCC1c2ccccc2-c2ccccc21)C(C)C)OCC. The second kappa shape index (κ2) is 14.7. The summed E-state index contributed by atoms with van der Waals surface area (Å²) in [5, 5.41) is 2.70. The largest absolute Gasteiger partial charge is 0.449 e. The molecule has 44 heavy (non-hydrogen) atoms. The minimum atomic E-state index is -4.49. The lowest BCUT2D eigenvalue weighted by molar-refractivity contribution is -0.162. The number of hydrogen-bond donors (Lipinski definition) is 1. The van der Waals surface area contributed by atoms with E-state index in [0.29, 0.717) is 18.8 Å². The third kappa shape index (κ3) is 7.98. The van der Waals surface area contributed by atoms with Gasteiger partial charge < -0.3 is 24.4 Å². The highest BCUT2D eigenvalue weighted by molar-refractivity contribution is 5.86. The zero-order valence-corrected chi connectivity index (χ0v) is 25.4. The fourth-order valence-electron chi connectivity index (χ4n) is 5.49. The summed E-state index contributed by atoms with van der Waals surface area (Å²) in [6.45, 7) is 8.19. The van der Waals surface area contributed by atoms with Crippen LogP contribution >= 0.6 is 0 Å². The van der Waals surface area contributed by atoms with Crippen LogP contribution in [0.1, 0.15) is 55.9 Å². The number of fused-ring (bicyclic) bond motifs is 3. The summed E-state index contributed by atoms with van der Waals surface area (Å²) in [7, 11) is 0. The minimum absolute atomic E-state index is 0.0433. The van der Waals surface area contributed by atoms with Gasteiger partial charge in [0.1, 0.15) is 12.6 Å². The van der Waals surface area contributed by atoms with E-state index in [1.54, 1.807) is 0 Å². The lowest BCUT2D eigenvalue weighted by atomic mass is 9.98. The molecule has 0 heterocycles. The van der Waals surface area contributed by atoms with Gasteiger partial charge in [0.2, 0.25) is 5.91 Å². The number of benzene rings is 3. The van der Waals surface area contributed by atoms with E-state index in [4.69, 9.17) is 14.2 Å². The Labute approximate surface area is 256 Å². The van der Waals surface area contributed by atoms with Gasteiger partial charge in [-0.3, -0.25) is 4.79 Å². The van der Waals surface area contributed by atoms with Crippen molar-refractivity contribution < 1.29 is 37.0 Å². The number of amides is 2. The van der Waals surface area contributed by atoms with E-state index in [1.807, 2.05) is 76.2 Å². The van der Waals surface area contributed by atoms with Crippen LogP contribution in [0, 0.1) is 0 Å². The topological polar surface area (TPSA) is 77.1 Å². The lowest BCUT2D eigenvalue weighted by Crippen LogP contribution is -2.54. The number of rotatable bonds is 13. The van der Waals surface area contributed by atoms with Crippen molar-refractivity contribution in [2.45, 2.75) is 64.6 Å². The van der Waals surface area contributed by atoms with Gasteiger partial charge in [-0.15, -0.1) is 0 Å². The molecule has 2 amide bonds. The van der Waals surface area contributed by atoms with Crippen LogP contribution in [0.3, 0.4) is 0 Å². The number of halogens is 3. The fraction of sp³-hybridized carbons (Fsp3) is 0.412. The molecule has 3 aromatic carbocycles. The molecule has 0 bridgehead atoms. The van der Waals surface area contributed by atoms with Crippen LogP contribution in [-0.2, 0) is 31.6 Å². The van der Waals surface area contributed by atoms with Crippen LogP contribution in [0.5, 0.6) is 0 Å². The number of hydrogen-bond acceptors (Lipinski definition) is 5. The molecule has 0 fully saturated rings.